The molecule has 3 heterocycles. The molecule has 0 aliphatic carbocycles. The van der Waals surface area contributed by atoms with Crippen molar-refractivity contribution in [3.05, 3.63) is 53.6 Å². The van der Waals surface area contributed by atoms with Crippen molar-refractivity contribution >= 4 is 23.2 Å². The molecule has 8 heteroatoms. The molecule has 0 saturated carbocycles. The molecule has 0 radical (unpaired) electrons. The molecule has 1 fully saturated rings. The number of rotatable bonds is 4. The Hall–Kier alpha value is -2.97. The van der Waals surface area contributed by atoms with Crippen molar-refractivity contribution in [2.24, 2.45) is 0 Å². The molecular weight excluding hydrogens is 380 g/mol. The average molecular weight is 398 g/mol. The number of carboxylic acids is 1. The first-order chi connectivity index (χ1) is 13.5. The summed E-state index contributed by atoms with van der Waals surface area (Å²) in [5.74, 6) is -0.747. The van der Waals surface area contributed by atoms with Gasteiger partial charge in [-0.1, -0.05) is 30.3 Å². The molecule has 0 spiro atoms. The van der Waals surface area contributed by atoms with Crippen molar-refractivity contribution in [2.45, 2.75) is 19.1 Å². The third-order valence-corrected chi connectivity index (χ3v) is 5.48. The van der Waals surface area contributed by atoms with E-state index in [1.54, 1.807) is 25.3 Å². The number of furan rings is 1. The Kier molecular flexibility index (Phi) is 4.97. The van der Waals surface area contributed by atoms with E-state index in [0.29, 0.717) is 27.9 Å². The number of hydrogen-bond donors (Lipinski definition) is 1. The zero-order valence-corrected chi connectivity index (χ0v) is 15.9. The van der Waals surface area contributed by atoms with Gasteiger partial charge < -0.3 is 19.2 Å². The molecule has 144 valence electrons. The van der Waals surface area contributed by atoms with E-state index in [1.165, 1.54) is 16.2 Å². The number of amides is 1. The van der Waals surface area contributed by atoms with Crippen LogP contribution in [0.5, 0.6) is 0 Å². The van der Waals surface area contributed by atoms with Crippen LogP contribution in [-0.2, 0) is 9.53 Å². The van der Waals surface area contributed by atoms with Crippen LogP contribution >= 0.6 is 11.3 Å². The zero-order valence-electron chi connectivity index (χ0n) is 15.1. The Morgan fingerprint density at radius 2 is 1.96 bits per heavy atom. The first kappa shape index (κ1) is 18.4. The maximum atomic E-state index is 13.3. The largest absolute Gasteiger partial charge is 0.479 e. The van der Waals surface area contributed by atoms with Crippen LogP contribution in [0.1, 0.15) is 16.6 Å². The minimum atomic E-state index is -1.08. The average Bonchev–Trinajstić information content (AvgIpc) is 3.37. The molecule has 7 nitrogen and oxygen atoms in total. The first-order valence-corrected chi connectivity index (χ1v) is 9.62. The predicted octanol–water partition coefficient (Wildman–Crippen LogP) is 3.38. The van der Waals surface area contributed by atoms with E-state index in [1.807, 2.05) is 30.3 Å². The highest BCUT2D eigenvalue weighted by atomic mass is 32.1. The van der Waals surface area contributed by atoms with Crippen molar-refractivity contribution in [3.63, 3.8) is 0 Å². The van der Waals surface area contributed by atoms with Crippen LogP contribution in [0, 0.1) is 0 Å². The molecule has 1 aliphatic heterocycles. The fourth-order valence-electron chi connectivity index (χ4n) is 3.16. The summed E-state index contributed by atoms with van der Waals surface area (Å²) in [6, 6.07) is 13.0. The lowest BCUT2D eigenvalue weighted by molar-refractivity contribution is -0.160. The summed E-state index contributed by atoms with van der Waals surface area (Å²) in [6.45, 7) is 2.08. The van der Waals surface area contributed by atoms with E-state index in [-0.39, 0.29) is 18.6 Å². The Morgan fingerprint density at radius 3 is 2.64 bits per heavy atom. The van der Waals surface area contributed by atoms with Gasteiger partial charge in [0.2, 0.25) is 0 Å². The monoisotopic (exact) mass is 398 g/mol. The fraction of sp³-hybridized carbons (Fsp3) is 0.250. The van der Waals surface area contributed by atoms with Gasteiger partial charge in [0.1, 0.15) is 4.88 Å². The topological polar surface area (TPSA) is 92.9 Å². The third-order valence-electron chi connectivity index (χ3n) is 4.42. The number of carboxylic acid groups (broad SMARTS) is 1. The molecule has 2 aromatic heterocycles. The van der Waals surface area contributed by atoms with Gasteiger partial charge in [-0.25, -0.2) is 9.78 Å². The number of morpholine rings is 1. The van der Waals surface area contributed by atoms with Crippen LogP contribution in [0.15, 0.2) is 53.1 Å². The molecule has 1 N–H and O–H groups in total. The number of benzene rings is 1. The van der Waals surface area contributed by atoms with Gasteiger partial charge in [0, 0.05) is 12.1 Å². The number of nitrogens with zero attached hydrogens (tertiary/aromatic N) is 2. The van der Waals surface area contributed by atoms with Crippen LogP contribution in [0.2, 0.25) is 0 Å². The summed E-state index contributed by atoms with van der Waals surface area (Å²) in [5, 5.41) is 9.90. The number of aliphatic carboxylic acids is 1. The number of ether oxygens (including phenoxy) is 1. The summed E-state index contributed by atoms with van der Waals surface area (Å²) in [5.41, 5.74) is 1.38. The molecule has 1 aliphatic rings. The van der Waals surface area contributed by atoms with E-state index >= 15 is 0 Å². The van der Waals surface area contributed by atoms with Gasteiger partial charge in [0.15, 0.2) is 16.9 Å². The van der Waals surface area contributed by atoms with Gasteiger partial charge in [0.25, 0.3) is 5.91 Å². The van der Waals surface area contributed by atoms with Gasteiger partial charge >= 0.3 is 5.97 Å². The summed E-state index contributed by atoms with van der Waals surface area (Å²) >= 11 is 1.24. The zero-order chi connectivity index (χ0) is 19.7. The highest BCUT2D eigenvalue weighted by Crippen LogP contribution is 2.35. The van der Waals surface area contributed by atoms with Gasteiger partial charge in [-0.15, -0.1) is 11.3 Å². The number of carbonyl (C=O) groups excluding carboxylic acids is 1. The molecule has 2 atom stereocenters. The highest BCUT2D eigenvalue weighted by molar-refractivity contribution is 7.17. The molecule has 3 aromatic rings. The minimum absolute atomic E-state index is 0.000716. The number of aromatic nitrogens is 1. The number of carbonyl (C=O) groups is 2. The van der Waals surface area contributed by atoms with Crippen LogP contribution in [0.4, 0.5) is 0 Å². The van der Waals surface area contributed by atoms with Crippen molar-refractivity contribution in [1.29, 1.82) is 0 Å². The summed E-state index contributed by atoms with van der Waals surface area (Å²) < 4.78 is 10.9. The molecule has 1 unspecified atom stereocenters. The SMILES string of the molecule is C[C@@H]1CN(C(=O)c2sc(-c3ccco3)nc2-c2ccccc2)CC(C(=O)O)O1. The van der Waals surface area contributed by atoms with E-state index < -0.39 is 12.1 Å². The number of hydrogen-bond acceptors (Lipinski definition) is 6. The third kappa shape index (κ3) is 3.56. The summed E-state index contributed by atoms with van der Waals surface area (Å²) in [7, 11) is 0. The first-order valence-electron chi connectivity index (χ1n) is 8.80. The Balaban J connectivity index is 1.73. The van der Waals surface area contributed by atoms with Gasteiger partial charge in [-0.2, -0.15) is 0 Å². The molecule has 1 amide bonds. The lowest BCUT2D eigenvalue weighted by Crippen LogP contribution is -2.51. The van der Waals surface area contributed by atoms with E-state index in [9.17, 15) is 14.7 Å². The maximum Gasteiger partial charge on any atom is 0.334 e. The minimum Gasteiger partial charge on any atom is -0.479 e. The van der Waals surface area contributed by atoms with Crippen molar-refractivity contribution in [1.82, 2.24) is 9.88 Å². The Bertz CT molecular complexity index is 983. The van der Waals surface area contributed by atoms with Crippen molar-refractivity contribution < 1.29 is 23.8 Å². The normalized spacial score (nSPS) is 19.5. The van der Waals surface area contributed by atoms with Crippen molar-refractivity contribution in [2.75, 3.05) is 13.1 Å². The highest BCUT2D eigenvalue weighted by Gasteiger charge is 2.35. The predicted molar refractivity (Wildman–Crippen MR) is 103 cm³/mol. The Morgan fingerprint density at radius 1 is 1.18 bits per heavy atom. The van der Waals surface area contributed by atoms with Crippen LogP contribution < -0.4 is 0 Å². The smallest absolute Gasteiger partial charge is 0.334 e. The lowest BCUT2D eigenvalue weighted by Gasteiger charge is -2.34. The molecule has 0 bridgehead atoms. The Labute approximate surface area is 165 Å². The maximum absolute atomic E-state index is 13.3. The molecule has 1 aromatic carbocycles. The standard InChI is InChI=1S/C20H18N2O5S/c1-12-10-22(11-15(27-12)20(24)25)19(23)17-16(13-6-3-2-4-7-13)21-18(28-17)14-8-5-9-26-14/h2-9,12,15H,10-11H2,1H3,(H,24,25)/t12-,15?/m1/s1. The summed E-state index contributed by atoms with van der Waals surface area (Å²) in [6.07, 6.45) is 0.156. The van der Waals surface area contributed by atoms with Crippen LogP contribution in [0.3, 0.4) is 0 Å². The summed E-state index contributed by atoms with van der Waals surface area (Å²) in [4.78, 5) is 31.3. The van der Waals surface area contributed by atoms with E-state index in [0.717, 1.165) is 5.56 Å². The van der Waals surface area contributed by atoms with Crippen LogP contribution in [0.25, 0.3) is 22.0 Å². The molecule has 28 heavy (non-hydrogen) atoms. The second kappa shape index (κ2) is 7.57. The fourth-order valence-corrected chi connectivity index (χ4v) is 4.18. The van der Waals surface area contributed by atoms with Crippen LogP contribution in [-0.4, -0.2) is 52.2 Å². The second-order valence-corrected chi connectivity index (χ2v) is 7.52. The van der Waals surface area contributed by atoms with E-state index in [2.05, 4.69) is 4.98 Å². The molecular formula is C20H18N2O5S. The van der Waals surface area contributed by atoms with Gasteiger partial charge in [-0.05, 0) is 19.1 Å². The van der Waals surface area contributed by atoms with Crippen molar-refractivity contribution in [3.8, 4) is 22.0 Å². The second-order valence-electron chi connectivity index (χ2n) is 6.52. The molecule has 1 saturated heterocycles. The quantitative estimate of drug-likeness (QED) is 0.724. The lowest BCUT2D eigenvalue weighted by atomic mass is 10.1. The number of thiazole rings is 1. The van der Waals surface area contributed by atoms with Gasteiger partial charge in [-0.3, -0.25) is 4.79 Å². The van der Waals surface area contributed by atoms with Gasteiger partial charge in [0.05, 0.1) is 24.6 Å². The van der Waals surface area contributed by atoms with E-state index in [4.69, 9.17) is 9.15 Å². The molecule has 4 rings (SSSR count).